The van der Waals surface area contributed by atoms with Gasteiger partial charge in [0.15, 0.2) is 6.10 Å². The molecule has 0 aromatic rings. The largest absolute Gasteiger partial charge is 0.462 e. The number of unbranched alkanes of at least 4 members (excludes halogenated alkanes) is 14. The Morgan fingerprint density at radius 3 is 0.787 bits per heavy atom. The average Bonchev–Trinajstić information content (AvgIpc) is 3.46. The molecular weight excluding hydrogens is 985 g/mol. The summed E-state index contributed by atoms with van der Waals surface area (Å²) in [5, 5.41) is 0. The second-order valence-electron chi connectivity index (χ2n) is 20.2. The Labute approximate surface area is 491 Å². The number of allylic oxidation sites excluding steroid dienone is 30. The number of carbonyl (C=O) groups is 3. The minimum Gasteiger partial charge on any atom is -0.462 e. The quantitative estimate of drug-likeness (QED) is 0.0261. The van der Waals surface area contributed by atoms with E-state index in [0.717, 1.165) is 154 Å². The van der Waals surface area contributed by atoms with E-state index in [9.17, 15) is 14.4 Å². The van der Waals surface area contributed by atoms with Gasteiger partial charge in [0.1, 0.15) is 13.2 Å². The van der Waals surface area contributed by atoms with E-state index in [2.05, 4.69) is 203 Å². The number of ether oxygens (including phenoxy) is 3. The lowest BCUT2D eigenvalue weighted by molar-refractivity contribution is -0.167. The molecule has 0 bridgehead atoms. The van der Waals surface area contributed by atoms with Crippen LogP contribution in [-0.2, 0) is 28.6 Å². The molecule has 0 aliphatic carbocycles. The van der Waals surface area contributed by atoms with E-state index >= 15 is 0 Å². The van der Waals surface area contributed by atoms with Gasteiger partial charge in [0, 0.05) is 19.3 Å². The normalized spacial score (nSPS) is 13.4. The van der Waals surface area contributed by atoms with E-state index < -0.39 is 6.10 Å². The molecule has 6 heteroatoms. The van der Waals surface area contributed by atoms with E-state index in [1.807, 2.05) is 0 Å². The van der Waals surface area contributed by atoms with Crippen molar-refractivity contribution in [3.05, 3.63) is 182 Å². The highest BCUT2D eigenvalue weighted by Crippen LogP contribution is 2.13. The standard InChI is InChI=1S/C74H114O6/c1-4-7-10-13-16-19-22-24-26-28-30-32-33-34-35-36-37-38-39-40-41-43-44-46-48-50-52-55-58-61-64-67-73(76)79-70-71(69-78-72(75)66-63-60-57-54-21-18-15-12-9-6-3)80-74(77)68-65-62-59-56-53-51-49-47-45-42-31-29-27-25-23-20-17-14-11-8-5-2/h7-8,10-11,16-17,19-20,24-27,30-32,34-35,37-38,40-42,44,46-47,49-50,52-53,56,71H,4-6,9,12-15,18,21-23,28-29,33,36,39,43,45,48,51,54-55,57-70H2,1-3H3/b10-7-,11-8-,19-16-,20-17-,26-24-,27-25-,32-30-,35-34-,38-37-,41-40-,42-31-,46-44-,49-47-,52-50-,56-53-. The Bertz CT molecular complexity index is 1890. The summed E-state index contributed by atoms with van der Waals surface area (Å²) in [5.41, 5.74) is 0. The Morgan fingerprint density at radius 2 is 0.487 bits per heavy atom. The van der Waals surface area contributed by atoms with Gasteiger partial charge < -0.3 is 14.2 Å². The Morgan fingerprint density at radius 1 is 0.263 bits per heavy atom. The van der Waals surface area contributed by atoms with Crippen LogP contribution in [0.2, 0.25) is 0 Å². The van der Waals surface area contributed by atoms with Crippen LogP contribution in [0.25, 0.3) is 0 Å². The topological polar surface area (TPSA) is 78.9 Å². The van der Waals surface area contributed by atoms with E-state index in [0.29, 0.717) is 19.3 Å². The molecule has 0 saturated heterocycles. The van der Waals surface area contributed by atoms with Crippen LogP contribution in [0, 0.1) is 0 Å². The second-order valence-corrected chi connectivity index (χ2v) is 20.2. The maximum atomic E-state index is 12.9. The predicted octanol–water partition coefficient (Wildman–Crippen LogP) is 22.0. The van der Waals surface area contributed by atoms with Crippen LogP contribution in [0.4, 0.5) is 0 Å². The monoisotopic (exact) mass is 1100 g/mol. The summed E-state index contributed by atoms with van der Waals surface area (Å²) >= 11 is 0. The number of hydrogen-bond donors (Lipinski definition) is 0. The molecule has 0 saturated carbocycles. The van der Waals surface area contributed by atoms with Gasteiger partial charge in [0.05, 0.1) is 0 Å². The molecule has 0 spiro atoms. The van der Waals surface area contributed by atoms with Gasteiger partial charge in [0.25, 0.3) is 0 Å². The third-order valence-electron chi connectivity index (χ3n) is 12.7. The summed E-state index contributed by atoms with van der Waals surface area (Å²) in [6.45, 7) is 6.32. The highest BCUT2D eigenvalue weighted by atomic mass is 16.6. The summed E-state index contributed by atoms with van der Waals surface area (Å²) in [7, 11) is 0. The van der Waals surface area contributed by atoms with Crippen LogP contribution in [0.15, 0.2) is 182 Å². The van der Waals surface area contributed by atoms with Crippen molar-refractivity contribution in [1.29, 1.82) is 0 Å². The Kier molecular flexibility index (Phi) is 61.5. The molecule has 0 aromatic heterocycles. The average molecular weight is 1100 g/mol. The first-order valence-electron chi connectivity index (χ1n) is 31.8. The lowest BCUT2D eigenvalue weighted by Crippen LogP contribution is -2.30. The number of rotatable bonds is 55. The van der Waals surface area contributed by atoms with Crippen LogP contribution in [0.3, 0.4) is 0 Å². The van der Waals surface area contributed by atoms with Gasteiger partial charge >= 0.3 is 17.9 Å². The Balaban J connectivity index is 4.43. The molecule has 1 atom stereocenters. The van der Waals surface area contributed by atoms with Gasteiger partial charge in [-0.25, -0.2) is 0 Å². The fraction of sp³-hybridized carbons (Fsp3) is 0.554. The van der Waals surface area contributed by atoms with Crippen molar-refractivity contribution >= 4 is 17.9 Å². The first kappa shape index (κ1) is 74.5. The molecule has 0 heterocycles. The lowest BCUT2D eigenvalue weighted by Gasteiger charge is -2.18. The van der Waals surface area contributed by atoms with Crippen LogP contribution >= 0.6 is 0 Å². The molecule has 0 amide bonds. The fourth-order valence-electron chi connectivity index (χ4n) is 7.97. The first-order chi connectivity index (χ1) is 39.5. The van der Waals surface area contributed by atoms with E-state index in [4.69, 9.17) is 14.2 Å². The van der Waals surface area contributed by atoms with Crippen molar-refractivity contribution in [3.8, 4) is 0 Å². The maximum absolute atomic E-state index is 12.9. The molecule has 0 radical (unpaired) electrons. The van der Waals surface area contributed by atoms with Gasteiger partial charge in [-0.15, -0.1) is 0 Å². The maximum Gasteiger partial charge on any atom is 0.306 e. The molecular formula is C74H114O6. The lowest BCUT2D eigenvalue weighted by atomic mass is 10.1. The molecule has 0 aliphatic heterocycles. The summed E-state index contributed by atoms with van der Waals surface area (Å²) in [4.78, 5) is 38.2. The van der Waals surface area contributed by atoms with Crippen molar-refractivity contribution in [2.75, 3.05) is 13.2 Å². The summed E-state index contributed by atoms with van der Waals surface area (Å²) in [5.74, 6) is -1.00. The van der Waals surface area contributed by atoms with Crippen molar-refractivity contribution in [2.24, 2.45) is 0 Å². The molecule has 0 aliphatic rings. The van der Waals surface area contributed by atoms with Crippen LogP contribution in [-0.4, -0.2) is 37.2 Å². The molecule has 446 valence electrons. The van der Waals surface area contributed by atoms with Crippen LogP contribution < -0.4 is 0 Å². The molecule has 80 heavy (non-hydrogen) atoms. The summed E-state index contributed by atoms with van der Waals surface area (Å²) < 4.78 is 16.8. The van der Waals surface area contributed by atoms with E-state index in [1.165, 1.54) is 44.9 Å². The van der Waals surface area contributed by atoms with Crippen molar-refractivity contribution in [1.82, 2.24) is 0 Å². The van der Waals surface area contributed by atoms with Crippen LogP contribution in [0.5, 0.6) is 0 Å². The van der Waals surface area contributed by atoms with Crippen molar-refractivity contribution in [2.45, 2.75) is 252 Å². The minimum absolute atomic E-state index is 0.114. The molecule has 1 unspecified atom stereocenters. The smallest absolute Gasteiger partial charge is 0.306 e. The van der Waals surface area contributed by atoms with Crippen molar-refractivity contribution in [3.63, 3.8) is 0 Å². The van der Waals surface area contributed by atoms with Gasteiger partial charge in [0.2, 0.25) is 0 Å². The highest BCUT2D eigenvalue weighted by Gasteiger charge is 2.19. The SMILES string of the molecule is CC/C=C\C/C=C\C/C=C\C/C=C\C/C=C\C/C=C\C/C=C\C/C=C\C/C=C\CCCCCC(=O)OCC(COC(=O)CCCCCCCCCCCC)OC(=O)CCCC/C=C\C/C=C\C/C=C\C/C=C\C/C=C\C/C=C\CC. The van der Waals surface area contributed by atoms with Gasteiger partial charge in [-0.3, -0.25) is 14.4 Å². The zero-order valence-electron chi connectivity index (χ0n) is 51.0. The highest BCUT2D eigenvalue weighted by molar-refractivity contribution is 5.71. The zero-order valence-corrected chi connectivity index (χ0v) is 51.0. The number of carbonyl (C=O) groups excluding carboxylic acids is 3. The second kappa shape index (κ2) is 66.0. The van der Waals surface area contributed by atoms with E-state index in [-0.39, 0.29) is 37.5 Å². The molecule has 0 N–H and O–H groups in total. The zero-order chi connectivity index (χ0) is 57.8. The van der Waals surface area contributed by atoms with E-state index in [1.54, 1.807) is 0 Å². The molecule has 0 aromatic carbocycles. The van der Waals surface area contributed by atoms with Gasteiger partial charge in [-0.05, 0) is 141 Å². The van der Waals surface area contributed by atoms with Gasteiger partial charge in [-0.2, -0.15) is 0 Å². The fourth-order valence-corrected chi connectivity index (χ4v) is 7.97. The molecule has 0 rings (SSSR count). The summed E-state index contributed by atoms with van der Waals surface area (Å²) in [6, 6.07) is 0. The minimum atomic E-state index is -0.824. The summed E-state index contributed by atoms with van der Waals surface area (Å²) in [6.07, 6.45) is 99.0. The first-order valence-corrected chi connectivity index (χ1v) is 31.8. The third-order valence-corrected chi connectivity index (χ3v) is 12.7. The number of hydrogen-bond acceptors (Lipinski definition) is 6. The van der Waals surface area contributed by atoms with Gasteiger partial charge in [-0.1, -0.05) is 267 Å². The predicted molar refractivity (Wildman–Crippen MR) is 348 cm³/mol. The Hall–Kier alpha value is -5.49. The molecule has 6 nitrogen and oxygen atoms in total. The molecule has 0 fully saturated rings. The number of esters is 3. The van der Waals surface area contributed by atoms with Crippen molar-refractivity contribution < 1.29 is 28.6 Å². The van der Waals surface area contributed by atoms with Crippen LogP contribution in [0.1, 0.15) is 245 Å². The third kappa shape index (κ3) is 63.3.